The van der Waals surface area contributed by atoms with Crippen molar-refractivity contribution >= 4 is 36.0 Å². The average molecular weight is 366 g/mol. The SMILES string of the molecule is O=C(/C=C/c1ccccc1C(=O)O)OC(=O)/C=C/c1ccccc1C(=O)O. The lowest BCUT2D eigenvalue weighted by atomic mass is 10.1. The van der Waals surface area contributed by atoms with E-state index in [0.29, 0.717) is 0 Å². The van der Waals surface area contributed by atoms with E-state index < -0.39 is 23.9 Å². The molecular formula is C20H14O7. The van der Waals surface area contributed by atoms with E-state index in [4.69, 9.17) is 10.2 Å². The van der Waals surface area contributed by atoms with E-state index in [1.54, 1.807) is 24.3 Å². The van der Waals surface area contributed by atoms with Crippen LogP contribution in [0.1, 0.15) is 31.8 Å². The van der Waals surface area contributed by atoms with Crippen LogP contribution in [0.2, 0.25) is 0 Å². The molecule has 0 bridgehead atoms. The van der Waals surface area contributed by atoms with Gasteiger partial charge in [0.05, 0.1) is 11.1 Å². The fourth-order valence-electron chi connectivity index (χ4n) is 2.16. The highest BCUT2D eigenvalue weighted by molar-refractivity contribution is 6.01. The van der Waals surface area contributed by atoms with Crippen LogP contribution in [0.3, 0.4) is 0 Å². The molecule has 7 nitrogen and oxygen atoms in total. The largest absolute Gasteiger partial charge is 0.478 e. The average Bonchev–Trinajstić information content (AvgIpc) is 2.65. The smallest absolute Gasteiger partial charge is 0.338 e. The highest BCUT2D eigenvalue weighted by atomic mass is 16.6. The van der Waals surface area contributed by atoms with Crippen LogP contribution in [0.15, 0.2) is 60.7 Å². The third kappa shape index (κ3) is 5.50. The first kappa shape index (κ1) is 19.3. The number of carbonyl (C=O) groups excluding carboxylic acids is 2. The molecular weight excluding hydrogens is 352 g/mol. The molecule has 0 aromatic heterocycles. The summed E-state index contributed by atoms with van der Waals surface area (Å²) in [4.78, 5) is 45.5. The van der Waals surface area contributed by atoms with E-state index in [2.05, 4.69) is 4.74 Å². The monoisotopic (exact) mass is 366 g/mol. The Hall–Kier alpha value is -4.00. The van der Waals surface area contributed by atoms with Crippen molar-refractivity contribution in [2.75, 3.05) is 0 Å². The second kappa shape index (κ2) is 8.91. The van der Waals surface area contributed by atoms with Crippen molar-refractivity contribution in [2.24, 2.45) is 0 Å². The molecule has 0 aliphatic carbocycles. The number of hydrogen-bond donors (Lipinski definition) is 2. The van der Waals surface area contributed by atoms with Crippen molar-refractivity contribution in [1.82, 2.24) is 0 Å². The zero-order valence-corrected chi connectivity index (χ0v) is 13.9. The zero-order valence-electron chi connectivity index (χ0n) is 13.9. The van der Waals surface area contributed by atoms with Crippen LogP contribution >= 0.6 is 0 Å². The van der Waals surface area contributed by atoms with E-state index in [0.717, 1.165) is 12.2 Å². The lowest BCUT2D eigenvalue weighted by molar-refractivity contribution is -0.152. The van der Waals surface area contributed by atoms with Gasteiger partial charge in [-0.15, -0.1) is 0 Å². The Bertz CT molecular complexity index is 877. The summed E-state index contributed by atoms with van der Waals surface area (Å²) in [5, 5.41) is 18.1. The van der Waals surface area contributed by atoms with Gasteiger partial charge in [0.25, 0.3) is 0 Å². The van der Waals surface area contributed by atoms with Crippen molar-refractivity contribution < 1.29 is 34.1 Å². The summed E-state index contributed by atoms with van der Waals surface area (Å²) in [5.41, 5.74) is 0.553. The number of ether oxygens (including phenoxy) is 1. The van der Waals surface area contributed by atoms with Crippen LogP contribution in [0, 0.1) is 0 Å². The van der Waals surface area contributed by atoms with E-state index in [1.807, 2.05) is 0 Å². The summed E-state index contributed by atoms with van der Waals surface area (Å²) in [6, 6.07) is 12.0. The molecule has 0 amide bonds. The van der Waals surface area contributed by atoms with Gasteiger partial charge in [-0.05, 0) is 35.4 Å². The Morgan fingerprint density at radius 1 is 0.667 bits per heavy atom. The molecule has 2 aromatic carbocycles. The van der Waals surface area contributed by atoms with Gasteiger partial charge in [0.2, 0.25) is 0 Å². The van der Waals surface area contributed by atoms with Gasteiger partial charge in [0, 0.05) is 12.2 Å². The van der Waals surface area contributed by atoms with E-state index in [1.165, 1.54) is 36.4 Å². The standard InChI is InChI=1S/C20H14O7/c21-17(11-9-13-5-1-3-7-15(13)19(23)24)27-18(22)12-10-14-6-2-4-8-16(14)20(25)26/h1-12H,(H,23,24)(H,25,26)/b11-9+,12-10+. The highest BCUT2D eigenvalue weighted by Crippen LogP contribution is 2.12. The van der Waals surface area contributed by atoms with Crippen LogP contribution in [0.5, 0.6) is 0 Å². The number of aromatic carboxylic acids is 2. The Balaban J connectivity index is 2.04. The fraction of sp³-hybridized carbons (Fsp3) is 0. The Labute approximate surface area is 153 Å². The first-order chi connectivity index (χ1) is 12.9. The lowest BCUT2D eigenvalue weighted by Crippen LogP contribution is -2.07. The zero-order chi connectivity index (χ0) is 19.8. The third-order valence-electron chi connectivity index (χ3n) is 3.38. The maximum Gasteiger partial charge on any atom is 0.338 e. The molecule has 0 radical (unpaired) electrons. The molecule has 0 saturated carbocycles. The van der Waals surface area contributed by atoms with E-state index in [9.17, 15) is 19.2 Å². The molecule has 0 saturated heterocycles. The van der Waals surface area contributed by atoms with Gasteiger partial charge >= 0.3 is 23.9 Å². The molecule has 0 aliphatic heterocycles. The van der Waals surface area contributed by atoms with Crippen molar-refractivity contribution in [3.05, 3.63) is 82.9 Å². The van der Waals surface area contributed by atoms with Gasteiger partial charge < -0.3 is 14.9 Å². The number of carbonyl (C=O) groups is 4. The van der Waals surface area contributed by atoms with Crippen molar-refractivity contribution in [2.45, 2.75) is 0 Å². The predicted molar refractivity (Wildman–Crippen MR) is 96.0 cm³/mol. The summed E-state index contributed by atoms with van der Waals surface area (Å²) in [6.45, 7) is 0. The normalized spacial score (nSPS) is 10.8. The second-order valence-corrected chi connectivity index (χ2v) is 5.19. The molecule has 2 rings (SSSR count). The molecule has 136 valence electrons. The summed E-state index contributed by atoms with van der Waals surface area (Å²) in [6.07, 6.45) is 4.31. The summed E-state index contributed by atoms with van der Waals surface area (Å²) < 4.78 is 4.55. The lowest BCUT2D eigenvalue weighted by Gasteiger charge is -2.00. The molecule has 0 atom stereocenters. The Morgan fingerprint density at radius 2 is 1.04 bits per heavy atom. The number of benzene rings is 2. The molecule has 0 spiro atoms. The maximum absolute atomic E-state index is 11.7. The van der Waals surface area contributed by atoms with Gasteiger partial charge in [-0.3, -0.25) is 0 Å². The quantitative estimate of drug-likeness (QED) is 0.458. The summed E-state index contributed by atoms with van der Waals surface area (Å²) in [5.74, 6) is -4.29. The van der Waals surface area contributed by atoms with Crippen molar-refractivity contribution in [3.8, 4) is 0 Å². The topological polar surface area (TPSA) is 118 Å². The van der Waals surface area contributed by atoms with Gasteiger partial charge in [0.15, 0.2) is 0 Å². The van der Waals surface area contributed by atoms with Crippen molar-refractivity contribution in [1.29, 1.82) is 0 Å². The van der Waals surface area contributed by atoms with Crippen molar-refractivity contribution in [3.63, 3.8) is 0 Å². The van der Waals surface area contributed by atoms with Crippen LogP contribution in [-0.4, -0.2) is 34.1 Å². The minimum atomic E-state index is -1.15. The number of hydrogen-bond acceptors (Lipinski definition) is 5. The number of carboxylic acid groups (broad SMARTS) is 2. The van der Waals surface area contributed by atoms with Crippen LogP contribution in [0.4, 0.5) is 0 Å². The molecule has 27 heavy (non-hydrogen) atoms. The molecule has 2 N–H and O–H groups in total. The minimum Gasteiger partial charge on any atom is -0.478 e. The summed E-state index contributed by atoms with van der Waals surface area (Å²) >= 11 is 0. The van der Waals surface area contributed by atoms with Gasteiger partial charge in [-0.2, -0.15) is 0 Å². The summed E-state index contributed by atoms with van der Waals surface area (Å²) in [7, 11) is 0. The van der Waals surface area contributed by atoms with Crippen LogP contribution in [0.25, 0.3) is 12.2 Å². The van der Waals surface area contributed by atoms with Gasteiger partial charge in [0.1, 0.15) is 0 Å². The number of rotatable bonds is 6. The Morgan fingerprint density at radius 3 is 1.41 bits per heavy atom. The first-order valence-corrected chi connectivity index (χ1v) is 7.65. The van der Waals surface area contributed by atoms with E-state index >= 15 is 0 Å². The third-order valence-corrected chi connectivity index (χ3v) is 3.38. The molecule has 0 fully saturated rings. The Kier molecular flexibility index (Phi) is 6.38. The van der Waals surface area contributed by atoms with Gasteiger partial charge in [-0.25, -0.2) is 19.2 Å². The molecule has 0 aliphatic rings. The molecule has 0 heterocycles. The fourth-order valence-corrected chi connectivity index (χ4v) is 2.16. The predicted octanol–water partition coefficient (Wildman–Crippen LogP) is 2.88. The van der Waals surface area contributed by atoms with Crippen LogP contribution < -0.4 is 0 Å². The highest BCUT2D eigenvalue weighted by Gasteiger charge is 2.09. The van der Waals surface area contributed by atoms with E-state index in [-0.39, 0.29) is 22.3 Å². The second-order valence-electron chi connectivity index (χ2n) is 5.19. The van der Waals surface area contributed by atoms with Gasteiger partial charge in [-0.1, -0.05) is 36.4 Å². The molecule has 2 aromatic rings. The number of esters is 2. The first-order valence-electron chi connectivity index (χ1n) is 7.65. The minimum absolute atomic E-state index is 0.00181. The maximum atomic E-state index is 11.7. The number of carboxylic acids is 2. The molecule has 7 heteroatoms. The van der Waals surface area contributed by atoms with Crippen LogP contribution in [-0.2, 0) is 14.3 Å². The molecule has 0 unspecified atom stereocenters.